The number of hydrogen-bond donors (Lipinski definition) is 2. The van der Waals surface area contributed by atoms with E-state index in [1.165, 1.54) is 12.3 Å². The van der Waals surface area contributed by atoms with E-state index in [9.17, 15) is 9.18 Å². The smallest absolute Gasteiger partial charge is 0.254 e. The van der Waals surface area contributed by atoms with Crippen molar-refractivity contribution in [3.05, 3.63) is 40.7 Å². The van der Waals surface area contributed by atoms with Gasteiger partial charge in [-0.15, -0.1) is 0 Å². The Labute approximate surface area is 121 Å². The molecule has 0 aliphatic heterocycles. The van der Waals surface area contributed by atoms with Crippen LogP contribution in [0, 0.1) is 19.7 Å². The van der Waals surface area contributed by atoms with Crippen molar-refractivity contribution in [3.8, 4) is 0 Å². The van der Waals surface area contributed by atoms with Crippen LogP contribution in [0.1, 0.15) is 40.3 Å². The second-order valence-electron chi connectivity index (χ2n) is 4.70. The molecule has 0 spiro atoms. The van der Waals surface area contributed by atoms with E-state index in [4.69, 9.17) is 4.52 Å². The van der Waals surface area contributed by atoms with Crippen LogP contribution in [0.5, 0.6) is 0 Å². The number of aryl methyl sites for hydroxylation is 2. The highest BCUT2D eigenvalue weighted by atomic mass is 19.1. The summed E-state index contributed by atoms with van der Waals surface area (Å²) in [5, 5.41) is 9.18. The Balaban J connectivity index is 2.23. The van der Waals surface area contributed by atoms with Crippen LogP contribution >= 0.6 is 0 Å². The van der Waals surface area contributed by atoms with E-state index in [1.807, 2.05) is 0 Å². The fourth-order valence-corrected chi connectivity index (χ4v) is 2.25. The van der Waals surface area contributed by atoms with Gasteiger partial charge in [0.2, 0.25) is 0 Å². The molecule has 0 fully saturated rings. The molecule has 2 heterocycles. The first-order chi connectivity index (χ1) is 9.95. The third-order valence-corrected chi connectivity index (χ3v) is 3.24. The van der Waals surface area contributed by atoms with Crippen LogP contribution < -0.4 is 10.6 Å². The van der Waals surface area contributed by atoms with Crippen LogP contribution in [0.25, 0.3) is 0 Å². The van der Waals surface area contributed by atoms with Gasteiger partial charge in [0.1, 0.15) is 5.76 Å². The highest BCUT2D eigenvalue weighted by Gasteiger charge is 2.21. The highest BCUT2D eigenvalue weighted by molar-refractivity contribution is 5.95. The summed E-state index contributed by atoms with van der Waals surface area (Å²) in [6.07, 6.45) is 1.38. The topological polar surface area (TPSA) is 80.0 Å². The van der Waals surface area contributed by atoms with Gasteiger partial charge >= 0.3 is 0 Å². The second kappa shape index (κ2) is 5.90. The van der Waals surface area contributed by atoms with Crippen molar-refractivity contribution < 1.29 is 13.7 Å². The summed E-state index contributed by atoms with van der Waals surface area (Å²) in [5.41, 5.74) is 1.44. The average molecular weight is 292 g/mol. The number of amides is 1. The monoisotopic (exact) mass is 292 g/mol. The Morgan fingerprint density at radius 2 is 2.14 bits per heavy atom. The molecule has 0 saturated heterocycles. The molecule has 2 N–H and O–H groups in total. The Hall–Kier alpha value is -2.44. The van der Waals surface area contributed by atoms with Gasteiger partial charge < -0.3 is 15.2 Å². The molecule has 0 aliphatic rings. The van der Waals surface area contributed by atoms with Crippen LogP contribution in [-0.4, -0.2) is 23.1 Å². The molecular formula is C14H17FN4O2. The van der Waals surface area contributed by atoms with Gasteiger partial charge in [-0.1, -0.05) is 5.16 Å². The average Bonchev–Trinajstić information content (AvgIpc) is 2.78. The number of hydrogen-bond acceptors (Lipinski definition) is 5. The van der Waals surface area contributed by atoms with Crippen molar-refractivity contribution in [3.63, 3.8) is 0 Å². The summed E-state index contributed by atoms with van der Waals surface area (Å²) in [6.45, 7) is 5.35. The first kappa shape index (κ1) is 15.0. The number of halogens is 1. The molecule has 7 heteroatoms. The molecule has 2 aromatic rings. The highest BCUT2D eigenvalue weighted by Crippen LogP contribution is 2.22. The van der Waals surface area contributed by atoms with Crippen molar-refractivity contribution in [1.29, 1.82) is 0 Å². The van der Waals surface area contributed by atoms with Gasteiger partial charge in [-0.3, -0.25) is 4.79 Å². The molecule has 0 bridgehead atoms. The van der Waals surface area contributed by atoms with Gasteiger partial charge in [-0.2, -0.15) is 0 Å². The van der Waals surface area contributed by atoms with Gasteiger partial charge in [0.25, 0.3) is 5.91 Å². The molecule has 6 nitrogen and oxygen atoms in total. The molecular weight excluding hydrogens is 275 g/mol. The fourth-order valence-electron chi connectivity index (χ4n) is 2.25. The number of rotatable bonds is 4. The third-order valence-electron chi connectivity index (χ3n) is 3.24. The van der Waals surface area contributed by atoms with Crippen LogP contribution in [0.15, 0.2) is 16.8 Å². The van der Waals surface area contributed by atoms with E-state index in [0.29, 0.717) is 11.5 Å². The lowest BCUT2D eigenvalue weighted by molar-refractivity contribution is 0.0935. The van der Waals surface area contributed by atoms with Crippen LogP contribution in [-0.2, 0) is 0 Å². The Morgan fingerprint density at radius 3 is 2.71 bits per heavy atom. The zero-order valence-electron chi connectivity index (χ0n) is 12.3. The van der Waals surface area contributed by atoms with Crippen LogP contribution in [0.2, 0.25) is 0 Å². The summed E-state index contributed by atoms with van der Waals surface area (Å²) in [7, 11) is 1.54. The molecule has 21 heavy (non-hydrogen) atoms. The lowest BCUT2D eigenvalue weighted by Crippen LogP contribution is -2.28. The van der Waals surface area contributed by atoms with E-state index in [2.05, 4.69) is 20.8 Å². The zero-order chi connectivity index (χ0) is 15.6. The number of anilines is 1. The number of carbonyl (C=O) groups is 1. The standard InChI is InChI=1S/C14H17FN4O2/c1-7(11-8(2)19-21-9(11)3)18-14(20)10-5-6-17-13(16-4)12(10)15/h5-7H,1-4H3,(H,16,17)(H,18,20). The lowest BCUT2D eigenvalue weighted by atomic mass is 10.1. The van der Waals surface area contributed by atoms with Crippen molar-refractivity contribution in [2.24, 2.45) is 0 Å². The zero-order valence-corrected chi connectivity index (χ0v) is 12.3. The maximum Gasteiger partial charge on any atom is 0.254 e. The Bertz CT molecular complexity index is 649. The summed E-state index contributed by atoms with van der Waals surface area (Å²) in [5.74, 6) is -0.526. The molecule has 1 atom stereocenters. The minimum atomic E-state index is -0.677. The summed E-state index contributed by atoms with van der Waals surface area (Å²) < 4.78 is 19.1. The summed E-state index contributed by atoms with van der Waals surface area (Å²) in [4.78, 5) is 16.0. The van der Waals surface area contributed by atoms with E-state index in [-0.39, 0.29) is 17.4 Å². The van der Waals surface area contributed by atoms with Crippen LogP contribution in [0.4, 0.5) is 10.2 Å². The molecule has 1 amide bonds. The van der Waals surface area contributed by atoms with Crippen LogP contribution in [0.3, 0.4) is 0 Å². The van der Waals surface area contributed by atoms with Gasteiger partial charge in [0.15, 0.2) is 11.6 Å². The minimum absolute atomic E-state index is 0.0349. The second-order valence-corrected chi connectivity index (χ2v) is 4.70. The van der Waals surface area contributed by atoms with Crippen molar-refractivity contribution in [2.45, 2.75) is 26.8 Å². The maximum absolute atomic E-state index is 14.1. The number of pyridine rings is 1. The molecule has 0 aromatic carbocycles. The molecule has 1 unspecified atom stereocenters. The third kappa shape index (κ3) is 2.86. The molecule has 0 aliphatic carbocycles. The maximum atomic E-state index is 14.1. The first-order valence-corrected chi connectivity index (χ1v) is 6.51. The normalized spacial score (nSPS) is 12.0. The predicted molar refractivity (Wildman–Crippen MR) is 75.6 cm³/mol. The number of aromatic nitrogens is 2. The molecule has 2 aromatic heterocycles. The Morgan fingerprint density at radius 1 is 1.43 bits per heavy atom. The molecule has 112 valence electrons. The minimum Gasteiger partial charge on any atom is -0.371 e. The van der Waals surface area contributed by atoms with Crippen molar-refractivity contribution in [2.75, 3.05) is 12.4 Å². The predicted octanol–water partition coefficient (Wildman–Crippen LogP) is 2.36. The molecule has 2 rings (SSSR count). The lowest BCUT2D eigenvalue weighted by Gasteiger charge is -2.14. The molecule has 0 radical (unpaired) electrons. The quantitative estimate of drug-likeness (QED) is 0.904. The van der Waals surface area contributed by atoms with Gasteiger partial charge in [0, 0.05) is 18.8 Å². The van der Waals surface area contributed by atoms with Gasteiger partial charge in [0.05, 0.1) is 17.3 Å². The van der Waals surface area contributed by atoms with Crippen molar-refractivity contribution >= 4 is 11.7 Å². The van der Waals surface area contributed by atoms with Gasteiger partial charge in [-0.05, 0) is 26.8 Å². The van der Waals surface area contributed by atoms with Gasteiger partial charge in [-0.25, -0.2) is 9.37 Å². The largest absolute Gasteiger partial charge is 0.371 e. The number of carbonyl (C=O) groups excluding carboxylic acids is 1. The number of nitrogens with zero attached hydrogens (tertiary/aromatic N) is 2. The van der Waals surface area contributed by atoms with E-state index >= 15 is 0 Å². The summed E-state index contributed by atoms with van der Waals surface area (Å²) in [6, 6.07) is 1.00. The Kier molecular flexibility index (Phi) is 4.21. The van der Waals surface area contributed by atoms with Crippen molar-refractivity contribution in [1.82, 2.24) is 15.5 Å². The summed E-state index contributed by atoms with van der Waals surface area (Å²) >= 11 is 0. The van der Waals surface area contributed by atoms with E-state index in [0.717, 1.165) is 5.56 Å². The molecule has 0 saturated carbocycles. The van der Waals surface area contributed by atoms with E-state index in [1.54, 1.807) is 27.8 Å². The first-order valence-electron chi connectivity index (χ1n) is 6.51. The van der Waals surface area contributed by atoms with E-state index < -0.39 is 11.7 Å². The fraction of sp³-hybridized carbons (Fsp3) is 0.357. The SMILES string of the molecule is CNc1nccc(C(=O)NC(C)c2c(C)noc2C)c1F. The number of nitrogens with one attached hydrogen (secondary N) is 2.